The van der Waals surface area contributed by atoms with E-state index in [1.807, 2.05) is 17.8 Å². The van der Waals surface area contributed by atoms with Crippen LogP contribution in [0.15, 0.2) is 12.7 Å². The molecule has 0 saturated heterocycles. The highest BCUT2D eigenvalue weighted by atomic mass is 32.2. The SMILES string of the molecule is [CH2]CCCCSCC=C. The quantitative estimate of drug-likeness (QED) is 0.407. The number of hydrogen-bond acceptors (Lipinski definition) is 1. The van der Waals surface area contributed by atoms with E-state index in [1.54, 1.807) is 0 Å². The minimum absolute atomic E-state index is 1.08. The zero-order valence-corrected chi connectivity index (χ0v) is 6.75. The van der Waals surface area contributed by atoms with E-state index in [1.165, 1.54) is 18.6 Å². The summed E-state index contributed by atoms with van der Waals surface area (Å²) < 4.78 is 0. The van der Waals surface area contributed by atoms with Gasteiger partial charge in [-0.15, -0.1) is 6.58 Å². The van der Waals surface area contributed by atoms with Gasteiger partial charge in [0.2, 0.25) is 0 Å². The Labute approximate surface area is 62.7 Å². The van der Waals surface area contributed by atoms with E-state index in [4.69, 9.17) is 0 Å². The fraction of sp³-hybridized carbons (Fsp3) is 0.625. The molecule has 0 aliphatic heterocycles. The molecule has 0 spiro atoms. The summed E-state index contributed by atoms with van der Waals surface area (Å²) in [6, 6.07) is 0. The lowest BCUT2D eigenvalue weighted by Gasteiger charge is -1.94. The van der Waals surface area contributed by atoms with Crippen LogP contribution in [0.1, 0.15) is 19.3 Å². The third kappa shape index (κ3) is 8.09. The van der Waals surface area contributed by atoms with E-state index >= 15 is 0 Å². The molecule has 0 aromatic carbocycles. The molecular formula is C8H15S. The average molecular weight is 143 g/mol. The third-order valence-corrected chi connectivity index (χ3v) is 2.07. The van der Waals surface area contributed by atoms with Crippen LogP contribution in [-0.2, 0) is 0 Å². The van der Waals surface area contributed by atoms with Crippen LogP contribution < -0.4 is 0 Å². The highest BCUT2D eigenvalue weighted by Gasteiger charge is 1.84. The summed E-state index contributed by atoms with van der Waals surface area (Å²) >= 11 is 1.95. The molecule has 0 saturated carbocycles. The summed E-state index contributed by atoms with van der Waals surface area (Å²) in [5.74, 6) is 2.36. The molecule has 0 bridgehead atoms. The monoisotopic (exact) mass is 143 g/mol. The summed E-state index contributed by atoms with van der Waals surface area (Å²) in [7, 11) is 0. The van der Waals surface area contributed by atoms with Gasteiger partial charge in [0.25, 0.3) is 0 Å². The van der Waals surface area contributed by atoms with Gasteiger partial charge in [0.05, 0.1) is 0 Å². The highest BCUT2D eigenvalue weighted by molar-refractivity contribution is 7.99. The molecule has 0 fully saturated rings. The molecule has 0 unspecified atom stereocenters. The molecule has 9 heavy (non-hydrogen) atoms. The molecule has 0 atom stereocenters. The predicted octanol–water partition coefficient (Wildman–Crippen LogP) is 2.91. The Morgan fingerprint density at radius 2 is 2.11 bits per heavy atom. The highest BCUT2D eigenvalue weighted by Crippen LogP contribution is 2.04. The van der Waals surface area contributed by atoms with E-state index in [0.717, 1.165) is 12.2 Å². The lowest BCUT2D eigenvalue weighted by molar-refractivity contribution is 0.821. The van der Waals surface area contributed by atoms with Gasteiger partial charge in [-0.2, -0.15) is 11.8 Å². The molecule has 0 aliphatic carbocycles. The summed E-state index contributed by atoms with van der Waals surface area (Å²) in [5, 5.41) is 0. The van der Waals surface area contributed by atoms with Crippen molar-refractivity contribution in [3.8, 4) is 0 Å². The Bertz CT molecular complexity index is 59.6. The molecule has 53 valence electrons. The van der Waals surface area contributed by atoms with Crippen LogP contribution in [0, 0.1) is 6.92 Å². The molecule has 0 heterocycles. The van der Waals surface area contributed by atoms with E-state index in [0.29, 0.717) is 0 Å². The van der Waals surface area contributed by atoms with Crippen LogP contribution in [0.2, 0.25) is 0 Å². The molecule has 1 heteroatoms. The maximum Gasteiger partial charge on any atom is 0.0110 e. The number of hydrogen-bond donors (Lipinski definition) is 0. The first-order chi connectivity index (χ1) is 4.41. The van der Waals surface area contributed by atoms with Crippen molar-refractivity contribution in [2.75, 3.05) is 11.5 Å². The topological polar surface area (TPSA) is 0 Å². The molecule has 0 aromatic rings. The van der Waals surface area contributed by atoms with Gasteiger partial charge in [-0.1, -0.05) is 25.8 Å². The predicted molar refractivity (Wildman–Crippen MR) is 46.7 cm³/mol. The first-order valence-corrected chi connectivity index (χ1v) is 4.55. The Hall–Kier alpha value is 0.0900. The van der Waals surface area contributed by atoms with Crippen LogP contribution in [0.4, 0.5) is 0 Å². The van der Waals surface area contributed by atoms with Crippen LogP contribution in [-0.4, -0.2) is 11.5 Å². The van der Waals surface area contributed by atoms with Crippen LogP contribution in [0.5, 0.6) is 0 Å². The van der Waals surface area contributed by atoms with Gasteiger partial charge < -0.3 is 0 Å². The zero-order valence-electron chi connectivity index (χ0n) is 5.94. The zero-order chi connectivity index (χ0) is 6.95. The van der Waals surface area contributed by atoms with Crippen molar-refractivity contribution < 1.29 is 0 Å². The van der Waals surface area contributed by atoms with E-state index in [-0.39, 0.29) is 0 Å². The second kappa shape index (κ2) is 8.09. The van der Waals surface area contributed by atoms with Gasteiger partial charge in [-0.25, -0.2) is 0 Å². The van der Waals surface area contributed by atoms with Gasteiger partial charge in [0.15, 0.2) is 0 Å². The summed E-state index contributed by atoms with van der Waals surface area (Å²) in [5.41, 5.74) is 0. The number of thioether (sulfide) groups is 1. The maximum absolute atomic E-state index is 3.77. The Kier molecular flexibility index (Phi) is 8.17. The smallest absolute Gasteiger partial charge is 0.0110 e. The second-order valence-corrected chi connectivity index (χ2v) is 3.07. The van der Waals surface area contributed by atoms with Crippen LogP contribution in [0.25, 0.3) is 0 Å². The van der Waals surface area contributed by atoms with Gasteiger partial charge in [-0.05, 0) is 12.2 Å². The molecule has 0 nitrogen and oxygen atoms in total. The van der Waals surface area contributed by atoms with Crippen molar-refractivity contribution in [1.82, 2.24) is 0 Å². The first kappa shape index (κ1) is 9.09. The average Bonchev–Trinajstić information content (AvgIpc) is 1.89. The minimum atomic E-state index is 1.08. The van der Waals surface area contributed by atoms with Gasteiger partial charge in [0, 0.05) is 5.75 Å². The first-order valence-electron chi connectivity index (χ1n) is 3.39. The summed E-state index contributed by atoms with van der Waals surface area (Å²) in [6.07, 6.45) is 5.61. The van der Waals surface area contributed by atoms with Crippen LogP contribution in [0.3, 0.4) is 0 Å². The Balaban J connectivity index is 2.66. The van der Waals surface area contributed by atoms with Crippen molar-refractivity contribution in [2.24, 2.45) is 0 Å². The van der Waals surface area contributed by atoms with Crippen molar-refractivity contribution in [1.29, 1.82) is 0 Å². The Morgan fingerprint density at radius 1 is 1.33 bits per heavy atom. The normalized spacial score (nSPS) is 9.44. The van der Waals surface area contributed by atoms with Crippen molar-refractivity contribution in [3.05, 3.63) is 19.6 Å². The summed E-state index contributed by atoms with van der Waals surface area (Å²) in [6.45, 7) is 7.42. The molecule has 0 amide bonds. The molecule has 0 N–H and O–H groups in total. The second-order valence-electron chi connectivity index (χ2n) is 1.92. The van der Waals surface area contributed by atoms with Crippen molar-refractivity contribution >= 4 is 11.8 Å². The van der Waals surface area contributed by atoms with Gasteiger partial charge >= 0.3 is 0 Å². The van der Waals surface area contributed by atoms with Crippen LogP contribution >= 0.6 is 11.8 Å². The maximum atomic E-state index is 3.77. The summed E-state index contributed by atoms with van der Waals surface area (Å²) in [4.78, 5) is 0. The molecule has 0 aromatic heterocycles. The number of unbranched alkanes of at least 4 members (excludes halogenated alkanes) is 2. The minimum Gasteiger partial charge on any atom is -0.158 e. The lowest BCUT2D eigenvalue weighted by atomic mass is 10.3. The van der Waals surface area contributed by atoms with E-state index in [9.17, 15) is 0 Å². The fourth-order valence-electron chi connectivity index (χ4n) is 0.548. The number of rotatable bonds is 6. The standard InChI is InChI=1S/C8H15S/c1-3-5-6-8-9-7-4-2/h4H,1-3,5-8H2. The van der Waals surface area contributed by atoms with E-state index < -0.39 is 0 Å². The fourth-order valence-corrected chi connectivity index (χ4v) is 1.29. The largest absolute Gasteiger partial charge is 0.158 e. The van der Waals surface area contributed by atoms with Gasteiger partial charge in [0.1, 0.15) is 0 Å². The lowest BCUT2D eigenvalue weighted by Crippen LogP contribution is -1.79. The molecule has 1 radical (unpaired) electrons. The van der Waals surface area contributed by atoms with Gasteiger partial charge in [-0.3, -0.25) is 0 Å². The molecular weight excluding hydrogens is 128 g/mol. The van der Waals surface area contributed by atoms with E-state index in [2.05, 4.69) is 13.5 Å². The molecule has 0 aliphatic rings. The Morgan fingerprint density at radius 3 is 2.67 bits per heavy atom. The van der Waals surface area contributed by atoms with Crippen molar-refractivity contribution in [2.45, 2.75) is 19.3 Å². The molecule has 0 rings (SSSR count). The van der Waals surface area contributed by atoms with Crippen molar-refractivity contribution in [3.63, 3.8) is 0 Å². The third-order valence-electron chi connectivity index (χ3n) is 1.02.